The van der Waals surface area contributed by atoms with Gasteiger partial charge in [0.15, 0.2) is 0 Å². The van der Waals surface area contributed by atoms with Gasteiger partial charge in [-0.1, -0.05) is 0 Å². The van der Waals surface area contributed by atoms with Gasteiger partial charge < -0.3 is 9.84 Å². The lowest BCUT2D eigenvalue weighted by molar-refractivity contribution is -0.142. The van der Waals surface area contributed by atoms with E-state index < -0.39 is 28.0 Å². The van der Waals surface area contributed by atoms with Crippen LogP contribution in [0.2, 0.25) is 0 Å². The average Bonchev–Trinajstić information content (AvgIpc) is 2.81. The second-order valence-corrected chi connectivity index (χ2v) is 7.22. The Morgan fingerprint density at radius 1 is 1.45 bits per heavy atom. The number of ether oxygens (including phenoxy) is 1. The summed E-state index contributed by atoms with van der Waals surface area (Å²) in [4.78, 5) is 22.8. The molecule has 0 fully saturated rings. The van der Waals surface area contributed by atoms with Crippen molar-refractivity contribution in [1.29, 1.82) is 0 Å². The molecule has 0 bridgehead atoms. The van der Waals surface area contributed by atoms with Crippen LogP contribution in [-0.4, -0.2) is 38.6 Å². The van der Waals surface area contributed by atoms with Gasteiger partial charge in [-0.15, -0.1) is 11.3 Å². The highest BCUT2D eigenvalue weighted by Crippen LogP contribution is 2.21. The van der Waals surface area contributed by atoms with E-state index in [0.717, 1.165) is 16.2 Å². The Morgan fingerprint density at radius 2 is 2.10 bits per heavy atom. The summed E-state index contributed by atoms with van der Waals surface area (Å²) in [6.45, 7) is 1.75. The maximum atomic E-state index is 12.0. The number of rotatable bonds is 7. The number of hydrogen-bond acceptors (Lipinski definition) is 6. The molecule has 0 aliphatic rings. The number of carbonyl (C=O) groups is 2. The molecule has 1 rings (SSSR count). The van der Waals surface area contributed by atoms with Crippen LogP contribution >= 0.6 is 11.3 Å². The SMILES string of the molecule is COC(=O)CC[C@@H](NS(=O)(=O)c1ccc(C)s1)C(=O)O. The molecule has 112 valence electrons. The van der Waals surface area contributed by atoms with Crippen molar-refractivity contribution < 1.29 is 27.9 Å². The van der Waals surface area contributed by atoms with Crippen LogP contribution in [0.5, 0.6) is 0 Å². The first-order chi connectivity index (χ1) is 9.26. The van der Waals surface area contributed by atoms with Gasteiger partial charge in [-0.3, -0.25) is 9.59 Å². The van der Waals surface area contributed by atoms with E-state index in [9.17, 15) is 18.0 Å². The fraction of sp³-hybridized carbons (Fsp3) is 0.455. The largest absolute Gasteiger partial charge is 0.480 e. The lowest BCUT2D eigenvalue weighted by atomic mass is 10.2. The van der Waals surface area contributed by atoms with Gasteiger partial charge in [0.05, 0.1) is 7.11 Å². The number of carbonyl (C=O) groups excluding carboxylic acids is 1. The van der Waals surface area contributed by atoms with Crippen molar-refractivity contribution in [3.63, 3.8) is 0 Å². The number of aryl methyl sites for hydroxylation is 1. The van der Waals surface area contributed by atoms with Crippen molar-refractivity contribution in [1.82, 2.24) is 4.72 Å². The Morgan fingerprint density at radius 3 is 2.55 bits per heavy atom. The Kier molecular flexibility index (Phi) is 5.66. The molecule has 1 aromatic rings. The maximum absolute atomic E-state index is 12.0. The molecule has 0 aliphatic heterocycles. The minimum absolute atomic E-state index is 0.0410. The minimum Gasteiger partial charge on any atom is -0.480 e. The number of carboxylic acids is 1. The zero-order chi connectivity index (χ0) is 15.3. The highest BCUT2D eigenvalue weighted by molar-refractivity contribution is 7.91. The van der Waals surface area contributed by atoms with E-state index in [4.69, 9.17) is 5.11 Å². The predicted molar refractivity (Wildman–Crippen MR) is 72.1 cm³/mol. The number of sulfonamides is 1. The third-order valence-corrected chi connectivity index (χ3v) is 5.41. The molecule has 1 atom stereocenters. The monoisotopic (exact) mass is 321 g/mol. The molecule has 9 heteroatoms. The molecule has 1 heterocycles. The molecule has 0 unspecified atom stereocenters. The third kappa shape index (κ3) is 4.58. The number of aliphatic carboxylic acids is 1. The minimum atomic E-state index is -3.90. The summed E-state index contributed by atoms with van der Waals surface area (Å²) in [7, 11) is -2.73. The molecule has 0 saturated heterocycles. The van der Waals surface area contributed by atoms with Crippen LogP contribution in [0.4, 0.5) is 0 Å². The van der Waals surface area contributed by atoms with Crippen molar-refractivity contribution in [3.8, 4) is 0 Å². The van der Waals surface area contributed by atoms with Crippen molar-refractivity contribution in [2.24, 2.45) is 0 Å². The van der Waals surface area contributed by atoms with Gasteiger partial charge in [0.25, 0.3) is 10.0 Å². The summed E-state index contributed by atoms with van der Waals surface area (Å²) < 4.78 is 30.5. The van der Waals surface area contributed by atoms with Gasteiger partial charge in [0, 0.05) is 11.3 Å². The van der Waals surface area contributed by atoms with Crippen molar-refractivity contribution in [2.75, 3.05) is 7.11 Å². The summed E-state index contributed by atoms with van der Waals surface area (Å²) in [5, 5.41) is 9.00. The van der Waals surface area contributed by atoms with Crippen molar-refractivity contribution >= 4 is 33.3 Å². The average molecular weight is 321 g/mol. The standard InChI is InChI=1S/C11H15NO6S2/c1-7-3-6-10(19-7)20(16,17)12-8(11(14)15)4-5-9(13)18-2/h3,6,8,12H,4-5H2,1-2H3,(H,14,15)/t8-/m1/s1. The summed E-state index contributed by atoms with van der Waals surface area (Å²) in [6, 6.07) is 1.66. The van der Waals surface area contributed by atoms with E-state index in [1.807, 2.05) is 0 Å². The summed E-state index contributed by atoms with van der Waals surface area (Å²) in [6.07, 6.45) is -0.356. The molecule has 1 aromatic heterocycles. The number of methoxy groups -OCH3 is 1. The molecule has 20 heavy (non-hydrogen) atoms. The van der Waals surface area contributed by atoms with Crippen LogP contribution in [-0.2, 0) is 24.3 Å². The molecule has 0 aromatic carbocycles. The smallest absolute Gasteiger partial charge is 0.321 e. The number of esters is 1. The van der Waals surface area contributed by atoms with E-state index in [0.29, 0.717) is 0 Å². The van der Waals surface area contributed by atoms with Crippen LogP contribution in [0.3, 0.4) is 0 Å². The van der Waals surface area contributed by atoms with Gasteiger partial charge >= 0.3 is 11.9 Å². The first kappa shape index (κ1) is 16.6. The van der Waals surface area contributed by atoms with Crippen LogP contribution < -0.4 is 4.72 Å². The zero-order valence-electron chi connectivity index (χ0n) is 11.0. The highest BCUT2D eigenvalue weighted by atomic mass is 32.2. The predicted octanol–water partition coefficient (Wildman–Crippen LogP) is 0.741. The molecular formula is C11H15NO6S2. The molecule has 2 N–H and O–H groups in total. The Bertz CT molecular complexity index is 592. The lowest BCUT2D eigenvalue weighted by Crippen LogP contribution is -2.40. The van der Waals surface area contributed by atoms with Gasteiger partial charge in [-0.05, 0) is 25.5 Å². The molecule has 7 nitrogen and oxygen atoms in total. The maximum Gasteiger partial charge on any atom is 0.321 e. The summed E-state index contributed by atoms with van der Waals surface area (Å²) in [5.41, 5.74) is 0. The quantitative estimate of drug-likeness (QED) is 0.717. The molecule has 0 saturated carbocycles. The van der Waals surface area contributed by atoms with Crippen molar-refractivity contribution in [2.45, 2.75) is 30.0 Å². The molecule has 0 aliphatic carbocycles. The van der Waals surface area contributed by atoms with E-state index >= 15 is 0 Å². The molecule has 0 amide bonds. The fourth-order valence-corrected chi connectivity index (χ4v) is 3.92. The second kappa shape index (κ2) is 6.82. The van der Waals surface area contributed by atoms with Crippen LogP contribution in [0.15, 0.2) is 16.3 Å². The van der Waals surface area contributed by atoms with Gasteiger partial charge in [0.2, 0.25) is 0 Å². The number of hydrogen-bond donors (Lipinski definition) is 2. The Balaban J connectivity index is 2.80. The molecular weight excluding hydrogens is 306 g/mol. The fourth-order valence-electron chi connectivity index (χ4n) is 1.40. The third-order valence-electron chi connectivity index (χ3n) is 2.44. The zero-order valence-corrected chi connectivity index (χ0v) is 12.6. The Hall–Kier alpha value is -1.45. The van der Waals surface area contributed by atoms with Crippen LogP contribution in [0.1, 0.15) is 17.7 Å². The first-order valence-corrected chi connectivity index (χ1v) is 7.94. The summed E-state index contributed by atoms with van der Waals surface area (Å²) >= 11 is 1.04. The first-order valence-electron chi connectivity index (χ1n) is 5.64. The van der Waals surface area contributed by atoms with E-state index in [2.05, 4.69) is 9.46 Å². The van der Waals surface area contributed by atoms with Crippen LogP contribution in [0.25, 0.3) is 0 Å². The summed E-state index contributed by atoms with van der Waals surface area (Å²) in [5.74, 6) is -1.94. The highest BCUT2D eigenvalue weighted by Gasteiger charge is 2.26. The van der Waals surface area contributed by atoms with Gasteiger partial charge in [-0.25, -0.2) is 8.42 Å². The van der Waals surface area contributed by atoms with Crippen LogP contribution in [0, 0.1) is 6.92 Å². The number of nitrogens with one attached hydrogen (secondary N) is 1. The lowest BCUT2D eigenvalue weighted by Gasteiger charge is -2.13. The molecule has 0 spiro atoms. The molecule has 0 radical (unpaired) electrons. The van der Waals surface area contributed by atoms with E-state index in [-0.39, 0.29) is 17.1 Å². The van der Waals surface area contributed by atoms with Crippen molar-refractivity contribution in [3.05, 3.63) is 17.0 Å². The van der Waals surface area contributed by atoms with Gasteiger partial charge in [-0.2, -0.15) is 4.72 Å². The van der Waals surface area contributed by atoms with E-state index in [1.165, 1.54) is 13.2 Å². The number of carboxylic acid groups (broad SMARTS) is 1. The van der Waals surface area contributed by atoms with Gasteiger partial charge in [0.1, 0.15) is 10.3 Å². The topological polar surface area (TPSA) is 110 Å². The van der Waals surface area contributed by atoms with E-state index in [1.54, 1.807) is 13.0 Å². The number of thiophene rings is 1. The normalized spacial score (nSPS) is 12.9. The second-order valence-electron chi connectivity index (χ2n) is 3.99. The Labute approximate surface area is 120 Å².